The summed E-state index contributed by atoms with van der Waals surface area (Å²) in [5.41, 5.74) is -0.0512. The number of fused-ring (bicyclic) bond motifs is 1. The molecule has 1 amide bonds. The first-order valence-electron chi connectivity index (χ1n) is 7.93. The number of hydrogen-bond acceptors (Lipinski definition) is 4. The molecule has 0 saturated carbocycles. The molecule has 0 bridgehead atoms. The molecule has 0 aromatic carbocycles. The van der Waals surface area contributed by atoms with E-state index < -0.39 is 0 Å². The molecule has 1 saturated heterocycles. The van der Waals surface area contributed by atoms with E-state index in [1.54, 1.807) is 17.0 Å². The fourth-order valence-corrected chi connectivity index (χ4v) is 3.89. The third-order valence-electron chi connectivity index (χ3n) is 4.44. The standard InChI is InChI=1S/C16H21N3O2S/c1-2-12-5-3-4-8-19(12)14(20)6-9-18-11-17-15-13(16(18)21)7-10-22-15/h7,10-12H,2-6,8-9H2,1H3/t12-/m1/s1. The number of carbonyl (C=O) groups excluding carboxylic acids is 1. The van der Waals surface area contributed by atoms with E-state index in [2.05, 4.69) is 11.9 Å². The number of amides is 1. The van der Waals surface area contributed by atoms with Gasteiger partial charge in [0.2, 0.25) is 5.91 Å². The number of piperidine rings is 1. The van der Waals surface area contributed by atoms with Gasteiger partial charge in [0, 0.05) is 25.6 Å². The van der Waals surface area contributed by atoms with Crippen LogP contribution in [0, 0.1) is 0 Å². The van der Waals surface area contributed by atoms with Gasteiger partial charge in [-0.15, -0.1) is 11.3 Å². The lowest BCUT2D eigenvalue weighted by Gasteiger charge is -2.35. The molecule has 5 nitrogen and oxygen atoms in total. The second-order valence-electron chi connectivity index (χ2n) is 5.78. The maximum Gasteiger partial charge on any atom is 0.262 e. The summed E-state index contributed by atoms with van der Waals surface area (Å²) in [4.78, 5) is 31.8. The highest BCUT2D eigenvalue weighted by Gasteiger charge is 2.24. The smallest absolute Gasteiger partial charge is 0.262 e. The molecule has 3 heterocycles. The summed E-state index contributed by atoms with van der Waals surface area (Å²) >= 11 is 1.46. The first-order valence-corrected chi connectivity index (χ1v) is 8.80. The molecule has 2 aromatic rings. The van der Waals surface area contributed by atoms with Gasteiger partial charge in [-0.05, 0) is 37.1 Å². The molecule has 22 heavy (non-hydrogen) atoms. The second kappa shape index (κ2) is 6.60. The van der Waals surface area contributed by atoms with Gasteiger partial charge in [-0.25, -0.2) is 4.98 Å². The topological polar surface area (TPSA) is 55.2 Å². The van der Waals surface area contributed by atoms with Crippen molar-refractivity contribution in [3.63, 3.8) is 0 Å². The predicted molar refractivity (Wildman–Crippen MR) is 88.1 cm³/mol. The molecule has 0 aliphatic carbocycles. The van der Waals surface area contributed by atoms with Crippen molar-refractivity contribution in [2.45, 2.75) is 51.6 Å². The van der Waals surface area contributed by atoms with Crippen molar-refractivity contribution in [1.82, 2.24) is 14.5 Å². The molecule has 118 valence electrons. The summed E-state index contributed by atoms with van der Waals surface area (Å²) in [6.07, 6.45) is 6.33. The van der Waals surface area contributed by atoms with Crippen LogP contribution in [0.25, 0.3) is 10.2 Å². The Labute approximate surface area is 133 Å². The number of thiophene rings is 1. The van der Waals surface area contributed by atoms with Gasteiger partial charge in [-0.1, -0.05) is 6.92 Å². The predicted octanol–water partition coefficient (Wildman–Crippen LogP) is 2.64. The fourth-order valence-electron chi connectivity index (χ4n) is 3.17. The highest BCUT2D eigenvalue weighted by atomic mass is 32.1. The van der Waals surface area contributed by atoms with Crippen LogP contribution in [-0.4, -0.2) is 32.9 Å². The number of likely N-dealkylation sites (tertiary alicyclic amines) is 1. The summed E-state index contributed by atoms with van der Waals surface area (Å²) in [5.74, 6) is 0.156. The zero-order valence-electron chi connectivity index (χ0n) is 12.8. The number of rotatable bonds is 4. The third kappa shape index (κ3) is 2.92. The minimum absolute atomic E-state index is 0.0512. The summed E-state index contributed by atoms with van der Waals surface area (Å²) in [6, 6.07) is 2.17. The minimum Gasteiger partial charge on any atom is -0.340 e. The molecule has 3 rings (SSSR count). The van der Waals surface area contributed by atoms with Gasteiger partial charge < -0.3 is 4.90 Å². The number of hydrogen-bond donors (Lipinski definition) is 0. The Bertz CT molecular complexity index is 721. The van der Waals surface area contributed by atoms with E-state index in [0.29, 0.717) is 24.4 Å². The van der Waals surface area contributed by atoms with Crippen molar-refractivity contribution in [2.24, 2.45) is 0 Å². The van der Waals surface area contributed by atoms with Crippen LogP contribution in [-0.2, 0) is 11.3 Å². The fraction of sp³-hybridized carbons (Fsp3) is 0.562. The molecule has 2 aromatic heterocycles. The second-order valence-corrected chi connectivity index (χ2v) is 6.67. The molecule has 0 N–H and O–H groups in total. The molecule has 1 aliphatic heterocycles. The zero-order chi connectivity index (χ0) is 15.5. The number of aryl methyl sites for hydroxylation is 1. The highest BCUT2D eigenvalue weighted by molar-refractivity contribution is 7.16. The molecule has 0 spiro atoms. The normalized spacial score (nSPS) is 18.8. The zero-order valence-corrected chi connectivity index (χ0v) is 13.6. The maximum absolute atomic E-state index is 12.5. The Morgan fingerprint density at radius 3 is 3.14 bits per heavy atom. The van der Waals surface area contributed by atoms with Gasteiger partial charge in [0.05, 0.1) is 11.7 Å². The number of carbonyl (C=O) groups is 1. The van der Waals surface area contributed by atoms with Gasteiger partial charge in [0.1, 0.15) is 4.83 Å². The summed E-state index contributed by atoms with van der Waals surface area (Å²) in [5, 5.41) is 2.51. The Morgan fingerprint density at radius 1 is 1.45 bits per heavy atom. The lowest BCUT2D eigenvalue weighted by atomic mass is 9.99. The van der Waals surface area contributed by atoms with Crippen LogP contribution in [0.15, 0.2) is 22.6 Å². The molecular weight excluding hydrogens is 298 g/mol. The Morgan fingerprint density at radius 2 is 2.32 bits per heavy atom. The molecule has 1 fully saturated rings. The summed E-state index contributed by atoms with van der Waals surface area (Å²) in [6.45, 7) is 3.40. The molecular formula is C16H21N3O2S. The minimum atomic E-state index is -0.0512. The van der Waals surface area contributed by atoms with Gasteiger partial charge in [-0.2, -0.15) is 0 Å². The van der Waals surface area contributed by atoms with Crippen molar-refractivity contribution in [3.05, 3.63) is 28.1 Å². The Hall–Kier alpha value is -1.69. The maximum atomic E-state index is 12.5. The highest BCUT2D eigenvalue weighted by Crippen LogP contribution is 2.20. The molecule has 6 heteroatoms. The Balaban J connectivity index is 1.69. The van der Waals surface area contributed by atoms with E-state index in [-0.39, 0.29) is 11.5 Å². The Kier molecular flexibility index (Phi) is 4.57. The van der Waals surface area contributed by atoms with E-state index in [1.165, 1.54) is 17.8 Å². The quantitative estimate of drug-likeness (QED) is 0.870. The van der Waals surface area contributed by atoms with Gasteiger partial charge in [0.15, 0.2) is 0 Å². The first-order chi connectivity index (χ1) is 10.7. The van der Waals surface area contributed by atoms with Crippen molar-refractivity contribution < 1.29 is 4.79 Å². The third-order valence-corrected chi connectivity index (χ3v) is 5.26. The number of aromatic nitrogens is 2. The van der Waals surface area contributed by atoms with Crippen LogP contribution in [0.4, 0.5) is 0 Å². The van der Waals surface area contributed by atoms with Crippen molar-refractivity contribution in [3.8, 4) is 0 Å². The van der Waals surface area contributed by atoms with Crippen molar-refractivity contribution >= 4 is 27.5 Å². The van der Waals surface area contributed by atoms with E-state index in [9.17, 15) is 9.59 Å². The summed E-state index contributed by atoms with van der Waals surface area (Å²) in [7, 11) is 0. The summed E-state index contributed by atoms with van der Waals surface area (Å²) < 4.78 is 1.55. The van der Waals surface area contributed by atoms with Crippen LogP contribution in [0.2, 0.25) is 0 Å². The van der Waals surface area contributed by atoms with E-state index >= 15 is 0 Å². The lowest BCUT2D eigenvalue weighted by molar-refractivity contribution is -0.135. The first kappa shape index (κ1) is 15.2. The van der Waals surface area contributed by atoms with Gasteiger partial charge in [0.25, 0.3) is 5.56 Å². The van der Waals surface area contributed by atoms with Crippen LogP contribution < -0.4 is 5.56 Å². The average Bonchev–Trinajstić information content (AvgIpc) is 3.03. The number of nitrogens with zero attached hydrogens (tertiary/aromatic N) is 3. The monoisotopic (exact) mass is 319 g/mol. The van der Waals surface area contributed by atoms with Crippen molar-refractivity contribution in [1.29, 1.82) is 0 Å². The lowest BCUT2D eigenvalue weighted by Crippen LogP contribution is -2.43. The van der Waals surface area contributed by atoms with Crippen LogP contribution in [0.3, 0.4) is 0 Å². The van der Waals surface area contributed by atoms with Crippen LogP contribution in [0.1, 0.15) is 39.0 Å². The molecule has 0 radical (unpaired) electrons. The van der Waals surface area contributed by atoms with E-state index in [4.69, 9.17) is 0 Å². The average molecular weight is 319 g/mol. The van der Waals surface area contributed by atoms with Crippen LogP contribution in [0.5, 0.6) is 0 Å². The van der Waals surface area contributed by atoms with Crippen molar-refractivity contribution in [2.75, 3.05) is 6.54 Å². The SMILES string of the molecule is CC[C@@H]1CCCCN1C(=O)CCn1cnc2sccc2c1=O. The van der Waals surface area contributed by atoms with E-state index in [0.717, 1.165) is 30.6 Å². The largest absolute Gasteiger partial charge is 0.340 e. The van der Waals surface area contributed by atoms with Crippen LogP contribution >= 0.6 is 11.3 Å². The van der Waals surface area contributed by atoms with Gasteiger partial charge in [-0.3, -0.25) is 14.2 Å². The van der Waals surface area contributed by atoms with E-state index in [1.807, 2.05) is 10.3 Å². The molecule has 1 atom stereocenters. The molecule has 1 aliphatic rings. The molecule has 0 unspecified atom stereocenters. The van der Waals surface area contributed by atoms with Gasteiger partial charge >= 0.3 is 0 Å².